The third-order valence-corrected chi connectivity index (χ3v) is 3.29. The number of carbonyl (C=O) groups excluding carboxylic acids is 1. The van der Waals surface area contributed by atoms with Gasteiger partial charge in [0.25, 0.3) is 0 Å². The first-order valence-corrected chi connectivity index (χ1v) is 6.84. The largest absolute Gasteiger partial charge is 0.457 e. The molecule has 0 aliphatic carbocycles. The second-order valence-corrected chi connectivity index (χ2v) is 5.35. The summed E-state index contributed by atoms with van der Waals surface area (Å²) >= 11 is 8.35. The van der Waals surface area contributed by atoms with E-state index in [2.05, 4.69) is 15.9 Å². The van der Waals surface area contributed by atoms with Crippen molar-refractivity contribution in [2.45, 2.75) is 0 Å². The van der Waals surface area contributed by atoms with Gasteiger partial charge in [-0.15, -0.1) is 0 Å². The van der Waals surface area contributed by atoms with Crippen LogP contribution >= 0.6 is 28.1 Å². The van der Waals surface area contributed by atoms with E-state index in [0.29, 0.717) is 22.6 Å². The van der Waals surface area contributed by atoms with Crippen molar-refractivity contribution in [3.05, 3.63) is 58.1 Å². The van der Waals surface area contributed by atoms with Crippen molar-refractivity contribution >= 4 is 39.0 Å². The molecule has 2 aromatic carbocycles. The Morgan fingerprint density at radius 3 is 2.30 bits per heavy atom. The molecule has 102 valence electrons. The number of primary amides is 1. The van der Waals surface area contributed by atoms with E-state index in [1.165, 1.54) is 0 Å². The lowest BCUT2D eigenvalue weighted by Gasteiger charge is -2.11. The van der Waals surface area contributed by atoms with E-state index < -0.39 is 5.91 Å². The van der Waals surface area contributed by atoms with Crippen LogP contribution < -0.4 is 16.2 Å². The Hall–Kier alpha value is -1.92. The van der Waals surface area contributed by atoms with E-state index in [1.54, 1.807) is 36.4 Å². The number of halogens is 1. The third kappa shape index (κ3) is 3.34. The topological polar surface area (TPSA) is 78.3 Å². The highest BCUT2D eigenvalue weighted by Crippen LogP contribution is 2.28. The van der Waals surface area contributed by atoms with Crippen LogP contribution in [0.5, 0.6) is 11.5 Å². The molecule has 0 aliphatic heterocycles. The fourth-order valence-corrected chi connectivity index (χ4v) is 2.11. The van der Waals surface area contributed by atoms with Gasteiger partial charge < -0.3 is 16.2 Å². The van der Waals surface area contributed by atoms with Gasteiger partial charge in [0.2, 0.25) is 5.91 Å². The van der Waals surface area contributed by atoms with Crippen molar-refractivity contribution in [3.63, 3.8) is 0 Å². The SMILES string of the molecule is NC(=O)c1ccc(Oc2cc(Br)ccc2C(N)=S)cc1. The number of hydrogen-bond donors (Lipinski definition) is 2. The predicted octanol–water partition coefficient (Wildman–Crippen LogP) is 2.97. The van der Waals surface area contributed by atoms with Gasteiger partial charge in [-0.25, -0.2) is 0 Å². The van der Waals surface area contributed by atoms with Crippen LogP contribution in [0, 0.1) is 0 Å². The van der Waals surface area contributed by atoms with Crippen LogP contribution in [0.2, 0.25) is 0 Å². The Morgan fingerprint density at radius 1 is 1.10 bits per heavy atom. The highest BCUT2D eigenvalue weighted by molar-refractivity contribution is 9.10. The first kappa shape index (κ1) is 14.5. The molecule has 6 heteroatoms. The lowest BCUT2D eigenvalue weighted by Crippen LogP contribution is -2.11. The summed E-state index contributed by atoms with van der Waals surface area (Å²) < 4.78 is 6.59. The second kappa shape index (κ2) is 6.02. The van der Waals surface area contributed by atoms with Crippen molar-refractivity contribution in [1.29, 1.82) is 0 Å². The van der Waals surface area contributed by atoms with E-state index in [-0.39, 0.29) is 4.99 Å². The quantitative estimate of drug-likeness (QED) is 0.830. The minimum absolute atomic E-state index is 0.251. The zero-order chi connectivity index (χ0) is 14.7. The number of rotatable bonds is 4. The molecule has 0 radical (unpaired) electrons. The number of nitrogens with two attached hydrogens (primary N) is 2. The lowest BCUT2D eigenvalue weighted by molar-refractivity contribution is 0.100. The maximum atomic E-state index is 11.0. The van der Waals surface area contributed by atoms with Crippen LogP contribution in [0.25, 0.3) is 0 Å². The van der Waals surface area contributed by atoms with Gasteiger partial charge in [-0.1, -0.05) is 28.1 Å². The molecule has 1 amide bonds. The van der Waals surface area contributed by atoms with Gasteiger partial charge in [-0.2, -0.15) is 0 Å². The number of hydrogen-bond acceptors (Lipinski definition) is 3. The maximum Gasteiger partial charge on any atom is 0.248 e. The molecule has 0 saturated carbocycles. The molecule has 0 unspecified atom stereocenters. The zero-order valence-electron chi connectivity index (χ0n) is 10.3. The molecule has 0 bridgehead atoms. The summed E-state index contributed by atoms with van der Waals surface area (Å²) in [5, 5.41) is 0. The van der Waals surface area contributed by atoms with Gasteiger partial charge >= 0.3 is 0 Å². The number of benzene rings is 2. The zero-order valence-corrected chi connectivity index (χ0v) is 12.7. The van der Waals surface area contributed by atoms with Crippen molar-refractivity contribution in [2.75, 3.05) is 0 Å². The molecule has 0 fully saturated rings. The number of amides is 1. The molecule has 0 atom stereocenters. The van der Waals surface area contributed by atoms with Crippen LogP contribution in [0.4, 0.5) is 0 Å². The Labute approximate surface area is 129 Å². The maximum absolute atomic E-state index is 11.0. The molecule has 2 aromatic rings. The summed E-state index contributed by atoms with van der Waals surface area (Å²) in [4.78, 5) is 11.3. The molecule has 0 aliphatic rings. The Morgan fingerprint density at radius 2 is 1.75 bits per heavy atom. The van der Waals surface area contributed by atoms with Crippen molar-refractivity contribution in [1.82, 2.24) is 0 Å². The van der Waals surface area contributed by atoms with Gasteiger partial charge in [0.05, 0.1) is 5.56 Å². The van der Waals surface area contributed by atoms with Gasteiger partial charge in [0, 0.05) is 10.0 Å². The van der Waals surface area contributed by atoms with Crippen molar-refractivity contribution < 1.29 is 9.53 Å². The minimum atomic E-state index is -0.483. The Balaban J connectivity index is 2.31. The van der Waals surface area contributed by atoms with Gasteiger partial charge in [-0.05, 0) is 42.5 Å². The average molecular weight is 351 g/mol. The lowest BCUT2D eigenvalue weighted by atomic mass is 10.2. The smallest absolute Gasteiger partial charge is 0.248 e. The standard InChI is InChI=1S/C14H11BrN2O2S/c15-9-3-6-11(14(17)20)12(7-9)19-10-4-1-8(2-5-10)13(16)18/h1-7H,(H2,16,18)(H2,17,20). The first-order chi connectivity index (χ1) is 9.47. The minimum Gasteiger partial charge on any atom is -0.457 e. The molecule has 0 aromatic heterocycles. The third-order valence-electron chi connectivity index (χ3n) is 2.58. The second-order valence-electron chi connectivity index (χ2n) is 4.00. The van der Waals surface area contributed by atoms with E-state index in [9.17, 15) is 4.79 Å². The fourth-order valence-electron chi connectivity index (χ4n) is 1.60. The molecule has 4 N–H and O–H groups in total. The van der Waals surface area contributed by atoms with E-state index in [4.69, 9.17) is 28.4 Å². The number of ether oxygens (including phenoxy) is 1. The molecule has 0 spiro atoms. The van der Waals surface area contributed by atoms with Crippen molar-refractivity contribution in [3.8, 4) is 11.5 Å². The van der Waals surface area contributed by atoms with Gasteiger partial charge in [0.1, 0.15) is 16.5 Å². The summed E-state index contributed by atoms with van der Waals surface area (Å²) in [6.07, 6.45) is 0. The molecule has 2 rings (SSSR count). The molecule has 4 nitrogen and oxygen atoms in total. The summed E-state index contributed by atoms with van der Waals surface area (Å²) in [5.74, 6) is 0.618. The van der Waals surface area contributed by atoms with Crippen LogP contribution in [-0.4, -0.2) is 10.9 Å². The average Bonchev–Trinajstić information content (AvgIpc) is 2.39. The first-order valence-electron chi connectivity index (χ1n) is 5.64. The predicted molar refractivity (Wildman–Crippen MR) is 85.1 cm³/mol. The number of thiocarbonyl (C=S) groups is 1. The van der Waals surface area contributed by atoms with E-state index in [0.717, 1.165) is 4.47 Å². The Bertz CT molecular complexity index is 671. The van der Waals surface area contributed by atoms with Crippen LogP contribution in [0.1, 0.15) is 15.9 Å². The molecule has 20 heavy (non-hydrogen) atoms. The normalized spacial score (nSPS) is 10.1. The van der Waals surface area contributed by atoms with Crippen LogP contribution in [0.3, 0.4) is 0 Å². The molecular formula is C14H11BrN2O2S. The van der Waals surface area contributed by atoms with Gasteiger partial charge in [0.15, 0.2) is 0 Å². The summed E-state index contributed by atoms with van der Waals surface area (Å²) in [6, 6.07) is 11.9. The summed E-state index contributed by atoms with van der Waals surface area (Å²) in [5.41, 5.74) is 11.9. The molecular weight excluding hydrogens is 340 g/mol. The van der Waals surface area contributed by atoms with E-state index in [1.807, 2.05) is 6.07 Å². The highest BCUT2D eigenvalue weighted by Gasteiger charge is 2.09. The van der Waals surface area contributed by atoms with Gasteiger partial charge in [-0.3, -0.25) is 4.79 Å². The molecule has 0 saturated heterocycles. The molecule has 0 heterocycles. The van der Waals surface area contributed by atoms with Crippen LogP contribution in [-0.2, 0) is 0 Å². The fraction of sp³-hybridized carbons (Fsp3) is 0. The summed E-state index contributed by atoms with van der Waals surface area (Å²) in [7, 11) is 0. The van der Waals surface area contributed by atoms with Crippen LogP contribution in [0.15, 0.2) is 46.9 Å². The Kier molecular flexibility index (Phi) is 4.36. The highest BCUT2D eigenvalue weighted by atomic mass is 79.9. The summed E-state index contributed by atoms with van der Waals surface area (Å²) in [6.45, 7) is 0. The number of carbonyl (C=O) groups is 1. The van der Waals surface area contributed by atoms with E-state index >= 15 is 0 Å². The van der Waals surface area contributed by atoms with Crippen molar-refractivity contribution in [2.24, 2.45) is 11.5 Å². The monoisotopic (exact) mass is 350 g/mol.